The molecule has 0 bridgehead atoms. The number of anilines is 1. The summed E-state index contributed by atoms with van der Waals surface area (Å²) >= 11 is 5.21. The Kier molecular flexibility index (Phi) is 6.65. The highest BCUT2D eigenvalue weighted by Crippen LogP contribution is 2.16. The summed E-state index contributed by atoms with van der Waals surface area (Å²) in [6.45, 7) is 4.31. The Morgan fingerprint density at radius 2 is 1.76 bits per heavy atom. The molecule has 130 valence electrons. The number of hydrogen-bond donors (Lipinski definition) is 2. The van der Waals surface area contributed by atoms with Crippen molar-refractivity contribution < 1.29 is 9.53 Å². The first-order valence-corrected chi connectivity index (χ1v) is 8.29. The summed E-state index contributed by atoms with van der Waals surface area (Å²) in [5.41, 5.74) is 6.27. The second kappa shape index (κ2) is 8.94. The SMILES string of the molecule is COC(=O)c1ccc(/C=N\NC(=S)Nc2ccc(C(C)C)cc2)cc1. The Morgan fingerprint density at radius 3 is 2.32 bits per heavy atom. The van der Waals surface area contributed by atoms with Gasteiger partial charge in [0.2, 0.25) is 0 Å². The number of carbonyl (C=O) groups is 1. The lowest BCUT2D eigenvalue weighted by molar-refractivity contribution is 0.0600. The third kappa shape index (κ3) is 5.69. The van der Waals surface area contributed by atoms with Gasteiger partial charge in [-0.25, -0.2) is 4.79 Å². The third-order valence-electron chi connectivity index (χ3n) is 3.55. The number of methoxy groups -OCH3 is 1. The van der Waals surface area contributed by atoms with E-state index in [1.807, 2.05) is 12.1 Å². The van der Waals surface area contributed by atoms with Crippen molar-refractivity contribution >= 4 is 35.2 Å². The smallest absolute Gasteiger partial charge is 0.337 e. The van der Waals surface area contributed by atoms with E-state index < -0.39 is 0 Å². The lowest BCUT2D eigenvalue weighted by Gasteiger charge is -2.09. The number of nitrogens with one attached hydrogen (secondary N) is 2. The largest absolute Gasteiger partial charge is 0.465 e. The first-order chi connectivity index (χ1) is 12.0. The molecular formula is C19H21N3O2S. The van der Waals surface area contributed by atoms with E-state index >= 15 is 0 Å². The molecule has 0 atom stereocenters. The van der Waals surface area contributed by atoms with Gasteiger partial charge in [0.25, 0.3) is 0 Å². The van der Waals surface area contributed by atoms with Gasteiger partial charge in [-0.05, 0) is 53.5 Å². The molecule has 0 heterocycles. The summed E-state index contributed by atoms with van der Waals surface area (Å²) in [5.74, 6) is 0.129. The molecule has 2 aromatic rings. The van der Waals surface area contributed by atoms with Gasteiger partial charge in [-0.2, -0.15) is 5.10 Å². The van der Waals surface area contributed by atoms with Crippen LogP contribution in [0.15, 0.2) is 53.6 Å². The first-order valence-electron chi connectivity index (χ1n) is 7.88. The van der Waals surface area contributed by atoms with Gasteiger partial charge in [0.05, 0.1) is 18.9 Å². The zero-order valence-corrected chi connectivity index (χ0v) is 15.3. The Balaban J connectivity index is 1.86. The fraction of sp³-hybridized carbons (Fsp3) is 0.211. The molecule has 2 aromatic carbocycles. The molecule has 0 spiro atoms. The minimum absolute atomic E-state index is 0.365. The maximum atomic E-state index is 11.4. The summed E-state index contributed by atoms with van der Waals surface area (Å²) in [4.78, 5) is 11.4. The molecule has 6 heteroatoms. The van der Waals surface area contributed by atoms with Crippen molar-refractivity contribution in [2.75, 3.05) is 12.4 Å². The fourth-order valence-electron chi connectivity index (χ4n) is 2.10. The maximum Gasteiger partial charge on any atom is 0.337 e. The van der Waals surface area contributed by atoms with Gasteiger partial charge in [-0.3, -0.25) is 5.43 Å². The molecule has 25 heavy (non-hydrogen) atoms. The second-order valence-corrected chi connectivity index (χ2v) is 6.12. The molecular weight excluding hydrogens is 334 g/mol. The molecule has 0 saturated heterocycles. The number of hydrazone groups is 1. The van der Waals surface area contributed by atoms with Crippen LogP contribution in [0.4, 0.5) is 5.69 Å². The van der Waals surface area contributed by atoms with E-state index in [0.29, 0.717) is 16.6 Å². The summed E-state index contributed by atoms with van der Waals surface area (Å²) < 4.78 is 4.66. The average Bonchev–Trinajstić information content (AvgIpc) is 2.62. The molecule has 0 amide bonds. The van der Waals surface area contributed by atoms with Crippen molar-refractivity contribution in [2.24, 2.45) is 5.10 Å². The minimum atomic E-state index is -0.365. The van der Waals surface area contributed by atoms with Crippen LogP contribution in [0.3, 0.4) is 0 Å². The van der Waals surface area contributed by atoms with E-state index in [2.05, 4.69) is 46.6 Å². The van der Waals surface area contributed by atoms with Gasteiger partial charge in [0.15, 0.2) is 5.11 Å². The molecule has 0 saturated carbocycles. The average molecular weight is 355 g/mol. The van der Waals surface area contributed by atoms with Crippen LogP contribution < -0.4 is 10.7 Å². The van der Waals surface area contributed by atoms with Crippen molar-refractivity contribution in [3.8, 4) is 0 Å². The Labute approximate surface area is 153 Å². The maximum absolute atomic E-state index is 11.4. The number of rotatable bonds is 5. The molecule has 0 aliphatic rings. The van der Waals surface area contributed by atoms with Crippen LogP contribution in [0.25, 0.3) is 0 Å². The van der Waals surface area contributed by atoms with Crippen molar-refractivity contribution in [1.29, 1.82) is 0 Å². The van der Waals surface area contributed by atoms with E-state index in [0.717, 1.165) is 11.3 Å². The van der Waals surface area contributed by atoms with Crippen LogP contribution >= 0.6 is 12.2 Å². The number of hydrogen-bond acceptors (Lipinski definition) is 4. The van der Waals surface area contributed by atoms with Gasteiger partial charge in [-0.15, -0.1) is 0 Å². The predicted octanol–water partition coefficient (Wildman–Crippen LogP) is 3.92. The quantitative estimate of drug-likeness (QED) is 0.368. The Bertz CT molecular complexity index is 753. The van der Waals surface area contributed by atoms with Gasteiger partial charge < -0.3 is 10.1 Å². The van der Waals surface area contributed by atoms with Crippen molar-refractivity contribution in [1.82, 2.24) is 5.43 Å². The molecule has 0 unspecified atom stereocenters. The number of carbonyl (C=O) groups excluding carboxylic acids is 1. The van der Waals surface area contributed by atoms with Crippen molar-refractivity contribution in [2.45, 2.75) is 19.8 Å². The lowest BCUT2D eigenvalue weighted by atomic mass is 10.0. The van der Waals surface area contributed by atoms with Gasteiger partial charge in [-0.1, -0.05) is 38.1 Å². The van der Waals surface area contributed by atoms with Crippen LogP contribution in [-0.2, 0) is 4.74 Å². The van der Waals surface area contributed by atoms with E-state index in [-0.39, 0.29) is 5.97 Å². The Hall–Kier alpha value is -2.73. The summed E-state index contributed by atoms with van der Waals surface area (Å²) in [6.07, 6.45) is 1.62. The second-order valence-electron chi connectivity index (χ2n) is 5.71. The van der Waals surface area contributed by atoms with Crippen LogP contribution in [-0.4, -0.2) is 24.4 Å². The first kappa shape index (κ1) is 18.6. The summed E-state index contributed by atoms with van der Waals surface area (Å²) in [7, 11) is 1.35. The topological polar surface area (TPSA) is 62.7 Å². The van der Waals surface area contributed by atoms with E-state index in [9.17, 15) is 4.79 Å². The highest BCUT2D eigenvalue weighted by atomic mass is 32.1. The zero-order chi connectivity index (χ0) is 18.2. The minimum Gasteiger partial charge on any atom is -0.465 e. The van der Waals surface area contributed by atoms with Gasteiger partial charge in [0, 0.05) is 5.69 Å². The van der Waals surface area contributed by atoms with Crippen LogP contribution in [0.2, 0.25) is 0 Å². The van der Waals surface area contributed by atoms with E-state index in [1.54, 1.807) is 30.5 Å². The molecule has 2 rings (SSSR count). The van der Waals surface area contributed by atoms with E-state index in [1.165, 1.54) is 12.7 Å². The normalized spacial score (nSPS) is 10.7. The number of esters is 1. The zero-order valence-electron chi connectivity index (χ0n) is 14.4. The lowest BCUT2D eigenvalue weighted by Crippen LogP contribution is -2.23. The van der Waals surface area contributed by atoms with Crippen molar-refractivity contribution in [3.63, 3.8) is 0 Å². The monoisotopic (exact) mass is 355 g/mol. The highest BCUT2D eigenvalue weighted by Gasteiger charge is 2.03. The Morgan fingerprint density at radius 1 is 1.12 bits per heavy atom. The van der Waals surface area contributed by atoms with Gasteiger partial charge >= 0.3 is 5.97 Å². The number of thiocarbonyl (C=S) groups is 1. The molecule has 5 nitrogen and oxygen atoms in total. The molecule has 0 aliphatic heterocycles. The molecule has 0 aromatic heterocycles. The number of ether oxygens (including phenoxy) is 1. The van der Waals surface area contributed by atoms with Gasteiger partial charge in [0.1, 0.15) is 0 Å². The summed E-state index contributed by atoms with van der Waals surface area (Å²) in [6, 6.07) is 15.0. The summed E-state index contributed by atoms with van der Waals surface area (Å²) in [5, 5.41) is 7.56. The fourth-order valence-corrected chi connectivity index (χ4v) is 2.27. The van der Waals surface area contributed by atoms with Crippen LogP contribution in [0, 0.1) is 0 Å². The van der Waals surface area contributed by atoms with Crippen LogP contribution in [0.1, 0.15) is 41.3 Å². The van der Waals surface area contributed by atoms with Crippen molar-refractivity contribution in [3.05, 3.63) is 65.2 Å². The standard InChI is InChI=1S/C19H21N3O2S/c1-13(2)15-8-10-17(11-9-15)21-19(25)22-20-12-14-4-6-16(7-5-14)18(23)24-3/h4-13H,1-3H3,(H2,21,22,25)/b20-12-. The molecule has 0 fully saturated rings. The van der Waals surface area contributed by atoms with E-state index in [4.69, 9.17) is 12.2 Å². The highest BCUT2D eigenvalue weighted by molar-refractivity contribution is 7.80. The molecule has 0 aliphatic carbocycles. The van der Waals surface area contributed by atoms with Crippen LogP contribution in [0.5, 0.6) is 0 Å². The third-order valence-corrected chi connectivity index (χ3v) is 3.74. The number of nitrogens with zero attached hydrogens (tertiary/aromatic N) is 1. The molecule has 0 radical (unpaired) electrons. The predicted molar refractivity (Wildman–Crippen MR) is 105 cm³/mol. The molecule has 2 N–H and O–H groups in total. The number of benzene rings is 2.